The third-order valence-corrected chi connectivity index (χ3v) is 24.0. The molecule has 4 aromatic carbocycles. The monoisotopic (exact) mass is 1280 g/mol. The highest BCUT2D eigenvalue weighted by Crippen LogP contribution is 2.55. The number of rotatable bonds is 14. The Morgan fingerprint density at radius 2 is 0.899 bits per heavy atom. The Morgan fingerprint density at radius 3 is 1.25 bits per heavy atom. The largest absolute Gasteiger partial charge is 0.371 e. The zero-order valence-electron chi connectivity index (χ0n) is 46.5. The zero-order chi connectivity index (χ0) is 57.8. The summed E-state index contributed by atoms with van der Waals surface area (Å²) in [5.41, 5.74) is 3.62. The van der Waals surface area contributed by atoms with Gasteiger partial charge in [0.1, 0.15) is 0 Å². The summed E-state index contributed by atoms with van der Waals surface area (Å²) in [6, 6.07) is 23.4. The van der Waals surface area contributed by atoms with Crippen LogP contribution in [0.25, 0.3) is 0 Å². The van der Waals surface area contributed by atoms with E-state index in [1.807, 2.05) is 12.1 Å². The topological polar surface area (TPSA) is 263 Å². The molecule has 0 aromatic heterocycles. The molecule has 2 aliphatic heterocycles. The highest BCUT2D eigenvalue weighted by atomic mass is 127. The SMILES string of the molecule is CC(C)(C)NS(=O)(=O)c1cccc(NC(=O)c2ccc(I)cc2N2CCC3(CC2)CC3)c1.CC(C)(C)NS(=O)(=O)c1cccc(NC(=O)c2ccc(NS(=O)(=O)C3(C)CC3)cc2N2CCC3(CC2)CC3)c1.CC1(S(N)(=O)=O)CC1. The second-order valence-corrected chi connectivity index (χ2v) is 34.0. The Kier molecular flexibility index (Phi) is 17.0. The van der Waals surface area contributed by atoms with E-state index in [4.69, 9.17) is 5.14 Å². The molecule has 0 bridgehead atoms. The lowest BCUT2D eigenvalue weighted by atomic mass is 9.93. The minimum atomic E-state index is -3.78. The molecule has 432 valence electrons. The van der Waals surface area contributed by atoms with Crippen LogP contribution in [0, 0.1) is 14.4 Å². The van der Waals surface area contributed by atoms with E-state index in [0.29, 0.717) is 57.5 Å². The number of primary sulfonamides is 1. The van der Waals surface area contributed by atoms with Crippen LogP contribution in [0.4, 0.5) is 28.4 Å². The number of halogens is 1. The van der Waals surface area contributed by atoms with Crippen molar-refractivity contribution in [2.45, 2.75) is 163 Å². The molecule has 2 heterocycles. The van der Waals surface area contributed by atoms with E-state index in [9.17, 15) is 43.3 Å². The van der Waals surface area contributed by atoms with Crippen molar-refractivity contribution in [3.63, 3.8) is 0 Å². The quantitative estimate of drug-likeness (QED) is 0.0645. The molecule has 7 N–H and O–H groups in total. The number of anilines is 5. The minimum absolute atomic E-state index is 0.0551. The maximum Gasteiger partial charge on any atom is 0.257 e. The number of benzene rings is 4. The summed E-state index contributed by atoms with van der Waals surface area (Å²) in [5, 5.41) is 10.6. The molecule has 0 atom stereocenters. The molecule has 4 aliphatic carbocycles. The first kappa shape index (κ1) is 60.7. The summed E-state index contributed by atoms with van der Waals surface area (Å²) >= 11 is 2.28. The second kappa shape index (κ2) is 22.1. The molecule has 0 unspecified atom stereocenters. The van der Waals surface area contributed by atoms with Gasteiger partial charge in [0, 0.05) is 52.2 Å². The predicted octanol–water partition coefficient (Wildman–Crippen LogP) is 9.52. The highest BCUT2D eigenvalue weighted by molar-refractivity contribution is 14.1. The van der Waals surface area contributed by atoms with Crippen LogP contribution in [0.3, 0.4) is 0 Å². The number of nitrogens with two attached hydrogens (primary N) is 1. The van der Waals surface area contributed by atoms with Crippen molar-refractivity contribution in [3.05, 3.63) is 99.6 Å². The maximum atomic E-state index is 13.5. The van der Waals surface area contributed by atoms with Crippen LogP contribution in [-0.4, -0.2) is 92.2 Å². The molecule has 2 saturated heterocycles. The molecule has 4 saturated carbocycles. The fraction of sp³-hybridized carbons (Fsp3) is 0.536. The first-order valence-corrected chi connectivity index (χ1v) is 34.0. The van der Waals surface area contributed by atoms with Crippen molar-refractivity contribution in [1.82, 2.24) is 9.44 Å². The highest BCUT2D eigenvalue weighted by Gasteiger charge is 2.51. The third kappa shape index (κ3) is 15.4. The predicted molar refractivity (Wildman–Crippen MR) is 322 cm³/mol. The van der Waals surface area contributed by atoms with E-state index in [1.54, 1.807) is 97.9 Å². The number of carbonyl (C=O) groups excluding carboxylic acids is 2. The number of hydrogen-bond donors (Lipinski definition) is 6. The first-order chi connectivity index (χ1) is 36.5. The minimum Gasteiger partial charge on any atom is -0.371 e. The molecule has 6 aliphatic rings. The van der Waals surface area contributed by atoms with Gasteiger partial charge in [-0.25, -0.2) is 48.3 Å². The van der Waals surface area contributed by atoms with Gasteiger partial charge in [-0.2, -0.15) is 0 Å². The van der Waals surface area contributed by atoms with Crippen LogP contribution in [0.1, 0.15) is 153 Å². The molecule has 2 amide bonds. The fourth-order valence-electron chi connectivity index (χ4n) is 9.79. The lowest BCUT2D eigenvalue weighted by Gasteiger charge is -2.35. The van der Waals surface area contributed by atoms with Gasteiger partial charge in [0.05, 0.1) is 47.5 Å². The van der Waals surface area contributed by atoms with E-state index in [0.717, 1.165) is 61.1 Å². The van der Waals surface area contributed by atoms with E-state index >= 15 is 0 Å². The molecule has 4 aromatic rings. The molecular weight excluding hydrogens is 1200 g/mol. The molecule has 6 fully saturated rings. The van der Waals surface area contributed by atoms with Gasteiger partial charge in [0.25, 0.3) is 11.8 Å². The van der Waals surface area contributed by atoms with Crippen LogP contribution in [0.5, 0.6) is 0 Å². The number of sulfonamides is 4. The second-order valence-electron chi connectivity index (χ2n) is 25.1. The van der Waals surface area contributed by atoms with Crippen LogP contribution >= 0.6 is 22.6 Å². The summed E-state index contributed by atoms with van der Waals surface area (Å²) < 4.78 is 105. The maximum absolute atomic E-state index is 13.5. The van der Waals surface area contributed by atoms with Crippen molar-refractivity contribution in [3.8, 4) is 0 Å². The van der Waals surface area contributed by atoms with Gasteiger partial charge in [-0.3, -0.25) is 14.3 Å². The van der Waals surface area contributed by atoms with Gasteiger partial charge in [0.2, 0.25) is 40.1 Å². The molecule has 2 spiro atoms. The van der Waals surface area contributed by atoms with Crippen molar-refractivity contribution in [1.29, 1.82) is 0 Å². The van der Waals surface area contributed by atoms with Crippen molar-refractivity contribution in [2.75, 3.05) is 51.3 Å². The number of amides is 2. The molecule has 79 heavy (non-hydrogen) atoms. The summed E-state index contributed by atoms with van der Waals surface area (Å²) in [5.74, 6) is -0.625. The fourth-order valence-corrected chi connectivity index (χ4v) is 15.2. The number of nitrogens with one attached hydrogen (secondary N) is 5. The van der Waals surface area contributed by atoms with Gasteiger partial charge < -0.3 is 20.4 Å². The van der Waals surface area contributed by atoms with Gasteiger partial charge in [-0.05, 0) is 239 Å². The van der Waals surface area contributed by atoms with Crippen LogP contribution in [0.2, 0.25) is 0 Å². The van der Waals surface area contributed by atoms with Crippen LogP contribution in [-0.2, 0) is 40.1 Å². The Balaban J connectivity index is 0.000000185. The average molecular weight is 1280 g/mol. The Labute approximate surface area is 481 Å². The zero-order valence-corrected chi connectivity index (χ0v) is 51.9. The van der Waals surface area contributed by atoms with E-state index in [2.05, 4.69) is 63.3 Å². The average Bonchev–Trinajstić information content (AvgIpc) is 4.30. The van der Waals surface area contributed by atoms with E-state index in [1.165, 1.54) is 62.8 Å². The Morgan fingerprint density at radius 1 is 0.506 bits per heavy atom. The van der Waals surface area contributed by atoms with Gasteiger partial charge in [-0.1, -0.05) is 12.1 Å². The molecule has 23 heteroatoms. The Bertz CT molecular complexity index is 3440. The first-order valence-electron chi connectivity index (χ1n) is 26.9. The number of piperidine rings is 2. The Hall–Kier alpha value is -4.37. The van der Waals surface area contributed by atoms with Gasteiger partial charge >= 0.3 is 0 Å². The van der Waals surface area contributed by atoms with Gasteiger partial charge in [-0.15, -0.1) is 0 Å². The lowest BCUT2D eigenvalue weighted by Crippen LogP contribution is -2.40. The van der Waals surface area contributed by atoms with E-state index < -0.39 is 66.6 Å². The standard InChI is InChI=1S/C28H38N4O5S2.C24H30IN3O3S.C4H9NO2S/c1-26(2,3)31-38(34,35)22-7-5-6-20(18-22)29-25(33)23-9-8-21(30-39(36,37)27(4)10-11-27)19-24(23)32-16-14-28(12-13-28)15-17-32;1-23(2,3)27-32(30,31)19-6-4-5-18(16-19)26-22(29)20-8-7-17(25)15-21(20)28-13-11-24(9-10-24)12-14-28;1-4(2-3-4)8(5,6)7/h5-9,18-19,30-31H,10-17H2,1-4H3,(H,29,33);4-8,15-16,27H,9-14H2,1-3H3,(H,26,29);2-3H2,1H3,(H2,5,6,7). The van der Waals surface area contributed by atoms with Crippen LogP contribution < -0.4 is 39.7 Å². The summed E-state index contributed by atoms with van der Waals surface area (Å²) in [6.07, 6.45) is 12.3. The van der Waals surface area contributed by atoms with Gasteiger partial charge in [0.15, 0.2) is 0 Å². The van der Waals surface area contributed by atoms with Crippen LogP contribution in [0.15, 0.2) is 94.7 Å². The molecule has 18 nitrogen and oxygen atoms in total. The smallest absolute Gasteiger partial charge is 0.257 e. The van der Waals surface area contributed by atoms with Crippen molar-refractivity contribution >= 4 is 103 Å². The van der Waals surface area contributed by atoms with Crippen molar-refractivity contribution < 1.29 is 43.3 Å². The number of carbonyl (C=O) groups is 2. The summed E-state index contributed by atoms with van der Waals surface area (Å²) in [4.78, 5) is 31.4. The third-order valence-electron chi connectivity index (χ3n) is 15.9. The molecule has 0 radical (unpaired) electrons. The lowest BCUT2D eigenvalue weighted by molar-refractivity contribution is 0.101. The van der Waals surface area contributed by atoms with Crippen molar-refractivity contribution in [2.24, 2.45) is 16.0 Å². The number of hydrogen-bond acceptors (Lipinski definition) is 12. The molecule has 10 rings (SSSR count). The summed E-state index contributed by atoms with van der Waals surface area (Å²) in [6.45, 7) is 17.6. The van der Waals surface area contributed by atoms with E-state index in [-0.39, 0.29) is 15.7 Å². The molecular formula is C56H77IN8O10S4. The normalized spacial score (nSPS) is 19.7. The number of nitrogens with zero attached hydrogens (tertiary/aromatic N) is 2. The summed E-state index contributed by atoms with van der Waals surface area (Å²) in [7, 11) is -14.2.